The summed E-state index contributed by atoms with van der Waals surface area (Å²) in [7, 11) is 0. The molecule has 0 bridgehead atoms. The summed E-state index contributed by atoms with van der Waals surface area (Å²) in [6.45, 7) is 2.68. The minimum Gasteiger partial charge on any atom is -0.490 e. The summed E-state index contributed by atoms with van der Waals surface area (Å²) in [6.07, 6.45) is 1.33. The van der Waals surface area contributed by atoms with Crippen LogP contribution < -0.4 is 9.47 Å². The van der Waals surface area contributed by atoms with Crippen LogP contribution in [0.2, 0.25) is 0 Å². The highest BCUT2D eigenvalue weighted by Crippen LogP contribution is 2.34. The monoisotopic (exact) mass is 415 g/mol. The highest BCUT2D eigenvalue weighted by Gasteiger charge is 2.12. The molecule has 0 fully saturated rings. The van der Waals surface area contributed by atoms with Crippen molar-refractivity contribution in [2.24, 2.45) is 5.16 Å². The predicted octanol–water partition coefficient (Wildman–Crippen LogP) is 4.22. The van der Waals surface area contributed by atoms with E-state index in [1.165, 1.54) is 18.3 Å². The Balaban J connectivity index is 2.22. The van der Waals surface area contributed by atoms with Crippen LogP contribution >= 0.6 is 22.6 Å². The average Bonchev–Trinajstić information content (AvgIpc) is 2.49. The van der Waals surface area contributed by atoms with Crippen molar-refractivity contribution in [3.63, 3.8) is 0 Å². The molecule has 2 rings (SSSR count). The SMILES string of the molecule is CCOc1cc(/C=N\O)cc(I)c1OCc1ccc(F)cc1. The van der Waals surface area contributed by atoms with Crippen molar-refractivity contribution in [3.05, 3.63) is 56.9 Å². The molecule has 0 saturated carbocycles. The Hall–Kier alpha value is -1.83. The van der Waals surface area contributed by atoms with Crippen LogP contribution in [0.3, 0.4) is 0 Å². The van der Waals surface area contributed by atoms with Gasteiger partial charge in [0, 0.05) is 5.56 Å². The molecule has 0 aliphatic carbocycles. The van der Waals surface area contributed by atoms with Gasteiger partial charge in [-0.15, -0.1) is 0 Å². The van der Waals surface area contributed by atoms with Crippen molar-refractivity contribution in [2.45, 2.75) is 13.5 Å². The van der Waals surface area contributed by atoms with Gasteiger partial charge >= 0.3 is 0 Å². The van der Waals surface area contributed by atoms with Crippen molar-refractivity contribution in [2.75, 3.05) is 6.61 Å². The van der Waals surface area contributed by atoms with Gasteiger partial charge in [-0.2, -0.15) is 0 Å². The van der Waals surface area contributed by atoms with Gasteiger partial charge in [-0.3, -0.25) is 0 Å². The van der Waals surface area contributed by atoms with Gasteiger partial charge in [0.1, 0.15) is 12.4 Å². The van der Waals surface area contributed by atoms with Gasteiger partial charge in [0.05, 0.1) is 16.4 Å². The first-order valence-electron chi connectivity index (χ1n) is 6.65. The molecule has 4 nitrogen and oxygen atoms in total. The normalized spacial score (nSPS) is 10.9. The number of halogens is 2. The largest absolute Gasteiger partial charge is 0.490 e. The Kier molecular flexibility index (Phi) is 6.00. The second-order valence-corrected chi connectivity index (χ2v) is 5.58. The molecule has 0 aromatic heterocycles. The lowest BCUT2D eigenvalue weighted by Gasteiger charge is -2.14. The Bertz CT molecular complexity index is 659. The number of rotatable bonds is 6. The average molecular weight is 415 g/mol. The van der Waals surface area contributed by atoms with Crippen LogP contribution in [-0.2, 0) is 6.61 Å². The standard InChI is InChI=1S/C16H15FINO3/c1-2-21-15-8-12(9-19-20)7-14(18)16(15)22-10-11-3-5-13(17)6-4-11/h3-9,20H,2,10H2,1H3/b19-9-. The number of hydrogen-bond acceptors (Lipinski definition) is 4. The zero-order valence-electron chi connectivity index (χ0n) is 11.9. The van der Waals surface area contributed by atoms with Gasteiger partial charge in [0.2, 0.25) is 0 Å². The number of nitrogens with zero attached hydrogens (tertiary/aromatic N) is 1. The third kappa shape index (κ3) is 4.33. The molecule has 116 valence electrons. The van der Waals surface area contributed by atoms with Crippen molar-refractivity contribution in [1.82, 2.24) is 0 Å². The molecule has 0 atom stereocenters. The second-order valence-electron chi connectivity index (χ2n) is 4.42. The smallest absolute Gasteiger partial charge is 0.175 e. The quantitative estimate of drug-likeness (QED) is 0.333. The number of benzene rings is 2. The molecule has 0 spiro atoms. The first-order valence-corrected chi connectivity index (χ1v) is 7.73. The summed E-state index contributed by atoms with van der Waals surface area (Å²) < 4.78 is 25.1. The van der Waals surface area contributed by atoms with Gasteiger partial charge in [-0.05, 0) is 59.3 Å². The lowest BCUT2D eigenvalue weighted by Crippen LogP contribution is -2.02. The Labute approximate surface area is 141 Å². The van der Waals surface area contributed by atoms with E-state index in [2.05, 4.69) is 27.7 Å². The number of hydrogen-bond donors (Lipinski definition) is 1. The fraction of sp³-hybridized carbons (Fsp3) is 0.188. The van der Waals surface area contributed by atoms with E-state index in [-0.39, 0.29) is 5.82 Å². The summed E-state index contributed by atoms with van der Waals surface area (Å²) in [5.41, 5.74) is 1.57. The molecule has 0 unspecified atom stereocenters. The van der Waals surface area contributed by atoms with Crippen LogP contribution in [0.25, 0.3) is 0 Å². The van der Waals surface area contributed by atoms with E-state index >= 15 is 0 Å². The molecule has 22 heavy (non-hydrogen) atoms. The van der Waals surface area contributed by atoms with Gasteiger partial charge < -0.3 is 14.7 Å². The zero-order chi connectivity index (χ0) is 15.9. The van der Waals surface area contributed by atoms with E-state index < -0.39 is 0 Å². The maximum atomic E-state index is 12.9. The third-order valence-electron chi connectivity index (χ3n) is 2.83. The highest BCUT2D eigenvalue weighted by atomic mass is 127. The summed E-state index contributed by atoms with van der Waals surface area (Å²) in [6, 6.07) is 9.71. The summed E-state index contributed by atoms with van der Waals surface area (Å²) in [5, 5.41) is 11.7. The highest BCUT2D eigenvalue weighted by molar-refractivity contribution is 14.1. The van der Waals surface area contributed by atoms with E-state index in [0.717, 1.165) is 9.13 Å². The fourth-order valence-electron chi connectivity index (χ4n) is 1.87. The first-order chi connectivity index (χ1) is 10.6. The van der Waals surface area contributed by atoms with Crippen LogP contribution in [-0.4, -0.2) is 18.0 Å². The van der Waals surface area contributed by atoms with Crippen LogP contribution in [0.15, 0.2) is 41.6 Å². The Morgan fingerprint density at radius 2 is 1.95 bits per heavy atom. The maximum absolute atomic E-state index is 12.9. The number of ether oxygens (including phenoxy) is 2. The van der Waals surface area contributed by atoms with Gasteiger partial charge in [-0.1, -0.05) is 17.3 Å². The Morgan fingerprint density at radius 3 is 2.59 bits per heavy atom. The number of oxime groups is 1. The van der Waals surface area contributed by atoms with E-state index in [9.17, 15) is 4.39 Å². The molecule has 2 aromatic rings. The van der Waals surface area contributed by atoms with Crippen molar-refractivity contribution in [1.29, 1.82) is 0 Å². The lowest BCUT2D eigenvalue weighted by atomic mass is 10.2. The molecular formula is C16H15FINO3. The van der Waals surface area contributed by atoms with E-state index in [4.69, 9.17) is 14.7 Å². The lowest BCUT2D eigenvalue weighted by molar-refractivity contribution is 0.267. The molecule has 0 radical (unpaired) electrons. The summed E-state index contributed by atoms with van der Waals surface area (Å²) in [5.74, 6) is 0.911. The first kappa shape index (κ1) is 16.5. The van der Waals surface area contributed by atoms with Crippen molar-refractivity contribution < 1.29 is 19.1 Å². The molecular weight excluding hydrogens is 400 g/mol. The van der Waals surface area contributed by atoms with Crippen LogP contribution in [0.4, 0.5) is 4.39 Å². The molecule has 0 heterocycles. The maximum Gasteiger partial charge on any atom is 0.175 e. The minimum atomic E-state index is -0.277. The fourth-order valence-corrected chi connectivity index (χ4v) is 2.65. The van der Waals surface area contributed by atoms with E-state index in [0.29, 0.717) is 30.3 Å². The molecule has 6 heteroatoms. The van der Waals surface area contributed by atoms with Crippen LogP contribution in [0.1, 0.15) is 18.1 Å². The van der Waals surface area contributed by atoms with Gasteiger partial charge in [0.25, 0.3) is 0 Å². The summed E-state index contributed by atoms with van der Waals surface area (Å²) >= 11 is 2.13. The summed E-state index contributed by atoms with van der Waals surface area (Å²) in [4.78, 5) is 0. The van der Waals surface area contributed by atoms with Crippen molar-refractivity contribution in [3.8, 4) is 11.5 Å². The molecule has 0 aliphatic rings. The molecule has 0 saturated heterocycles. The minimum absolute atomic E-state index is 0.277. The van der Waals surface area contributed by atoms with E-state index in [1.54, 1.807) is 18.2 Å². The Morgan fingerprint density at radius 1 is 1.23 bits per heavy atom. The van der Waals surface area contributed by atoms with Gasteiger partial charge in [0.15, 0.2) is 11.5 Å². The van der Waals surface area contributed by atoms with Gasteiger partial charge in [-0.25, -0.2) is 4.39 Å². The zero-order valence-corrected chi connectivity index (χ0v) is 14.1. The molecule has 0 aliphatic heterocycles. The van der Waals surface area contributed by atoms with E-state index in [1.807, 2.05) is 13.0 Å². The third-order valence-corrected chi connectivity index (χ3v) is 3.64. The predicted molar refractivity (Wildman–Crippen MR) is 90.4 cm³/mol. The second kappa shape index (κ2) is 7.98. The topological polar surface area (TPSA) is 51.0 Å². The van der Waals surface area contributed by atoms with Crippen LogP contribution in [0.5, 0.6) is 11.5 Å². The van der Waals surface area contributed by atoms with Crippen molar-refractivity contribution >= 4 is 28.8 Å². The molecule has 1 N–H and O–H groups in total. The molecule has 2 aromatic carbocycles. The molecule has 0 amide bonds. The van der Waals surface area contributed by atoms with Crippen LogP contribution in [0, 0.1) is 9.39 Å².